The van der Waals surface area contributed by atoms with Gasteiger partial charge in [0.05, 0.1) is 0 Å². The summed E-state index contributed by atoms with van der Waals surface area (Å²) >= 11 is 0. The van der Waals surface area contributed by atoms with Crippen molar-refractivity contribution in [1.82, 2.24) is 4.90 Å². The van der Waals surface area contributed by atoms with E-state index in [0.29, 0.717) is 12.0 Å². The van der Waals surface area contributed by atoms with E-state index in [2.05, 4.69) is 18.7 Å². The van der Waals surface area contributed by atoms with Crippen LogP contribution in [0.15, 0.2) is 0 Å². The number of fused-ring (bicyclic) bond motifs is 1. The number of nitrogens with zero attached hydrogens (tertiary/aromatic N) is 1. The third-order valence-electron chi connectivity index (χ3n) is 4.78. The van der Waals surface area contributed by atoms with Crippen LogP contribution < -0.4 is 5.73 Å². The largest absolute Gasteiger partial charge is 0.328 e. The number of hydrogen-bond donors (Lipinski definition) is 1. The second-order valence-corrected chi connectivity index (χ2v) is 6.09. The summed E-state index contributed by atoms with van der Waals surface area (Å²) in [5.74, 6) is 1.64. The topological polar surface area (TPSA) is 29.3 Å². The molecule has 0 spiro atoms. The summed E-state index contributed by atoms with van der Waals surface area (Å²) in [4.78, 5) is 2.75. The second-order valence-electron chi connectivity index (χ2n) is 6.09. The fraction of sp³-hybridized carbons (Fsp3) is 1.00. The molecule has 0 radical (unpaired) electrons. The fourth-order valence-corrected chi connectivity index (χ4v) is 3.49. The van der Waals surface area contributed by atoms with Crippen LogP contribution in [0.4, 0.5) is 0 Å². The Kier molecular flexibility index (Phi) is 4.26. The molecule has 0 aromatic rings. The first-order chi connectivity index (χ1) is 7.68. The number of nitrogens with two attached hydrogens (primary N) is 1. The molecule has 94 valence electrons. The summed E-state index contributed by atoms with van der Waals surface area (Å²) in [6.07, 6.45) is 8.73. The first kappa shape index (κ1) is 12.4. The molecular formula is C14H28N2. The van der Waals surface area contributed by atoms with Crippen LogP contribution in [0.25, 0.3) is 0 Å². The maximum atomic E-state index is 5.99. The summed E-state index contributed by atoms with van der Waals surface area (Å²) in [7, 11) is 0. The Morgan fingerprint density at radius 1 is 1.12 bits per heavy atom. The van der Waals surface area contributed by atoms with Crippen molar-refractivity contribution in [2.24, 2.45) is 17.6 Å². The van der Waals surface area contributed by atoms with Crippen LogP contribution in [0.3, 0.4) is 0 Å². The average Bonchev–Trinajstić information content (AvgIpc) is 2.29. The van der Waals surface area contributed by atoms with E-state index in [-0.39, 0.29) is 0 Å². The molecule has 2 heteroatoms. The molecule has 0 aromatic carbocycles. The summed E-state index contributed by atoms with van der Waals surface area (Å²) in [6, 6.07) is 1.23. The molecule has 16 heavy (non-hydrogen) atoms. The van der Waals surface area contributed by atoms with Gasteiger partial charge in [0.25, 0.3) is 0 Å². The highest BCUT2D eigenvalue weighted by Crippen LogP contribution is 2.35. The quantitative estimate of drug-likeness (QED) is 0.798. The number of likely N-dealkylation sites (tertiary alicyclic amines) is 1. The molecular weight excluding hydrogens is 196 g/mol. The van der Waals surface area contributed by atoms with Gasteiger partial charge in [-0.05, 0) is 51.0 Å². The van der Waals surface area contributed by atoms with E-state index >= 15 is 0 Å². The predicted molar refractivity (Wildman–Crippen MR) is 69.4 cm³/mol. The molecule has 0 amide bonds. The van der Waals surface area contributed by atoms with Gasteiger partial charge in [-0.25, -0.2) is 0 Å². The zero-order valence-electron chi connectivity index (χ0n) is 11.0. The Balaban J connectivity index is 1.92. The zero-order chi connectivity index (χ0) is 11.5. The molecule has 0 bridgehead atoms. The summed E-state index contributed by atoms with van der Waals surface area (Å²) in [6.45, 7) is 6.99. The van der Waals surface area contributed by atoms with Crippen molar-refractivity contribution in [3.8, 4) is 0 Å². The van der Waals surface area contributed by atoms with E-state index in [1.807, 2.05) is 0 Å². The minimum atomic E-state index is 0.337. The monoisotopic (exact) mass is 224 g/mol. The lowest BCUT2D eigenvalue weighted by Gasteiger charge is -2.45. The van der Waals surface area contributed by atoms with Gasteiger partial charge in [-0.3, -0.25) is 4.90 Å². The number of piperidine rings is 1. The zero-order valence-corrected chi connectivity index (χ0v) is 11.0. The Bertz CT molecular complexity index is 213. The Hall–Kier alpha value is -0.0800. The number of hydrogen-bond acceptors (Lipinski definition) is 2. The van der Waals surface area contributed by atoms with Gasteiger partial charge in [0.2, 0.25) is 0 Å². The van der Waals surface area contributed by atoms with Gasteiger partial charge in [-0.15, -0.1) is 0 Å². The van der Waals surface area contributed by atoms with Crippen LogP contribution in [0.1, 0.15) is 52.4 Å². The van der Waals surface area contributed by atoms with Crippen LogP contribution in [0, 0.1) is 11.8 Å². The van der Waals surface area contributed by atoms with E-state index < -0.39 is 0 Å². The SMILES string of the molecule is CC(N)C(C)CN1CCCC2CCCCC21. The van der Waals surface area contributed by atoms with Gasteiger partial charge in [0.15, 0.2) is 0 Å². The lowest BCUT2D eigenvalue weighted by atomic mass is 9.78. The van der Waals surface area contributed by atoms with Crippen LogP contribution in [-0.2, 0) is 0 Å². The molecule has 4 atom stereocenters. The highest BCUT2D eigenvalue weighted by Gasteiger charge is 2.33. The van der Waals surface area contributed by atoms with Gasteiger partial charge in [0.1, 0.15) is 0 Å². The molecule has 2 aliphatic rings. The van der Waals surface area contributed by atoms with Crippen LogP contribution in [0.2, 0.25) is 0 Å². The van der Waals surface area contributed by atoms with Gasteiger partial charge >= 0.3 is 0 Å². The lowest BCUT2D eigenvalue weighted by molar-refractivity contribution is 0.0476. The standard InChI is InChI=1S/C14H28N2/c1-11(12(2)15)10-16-9-5-7-13-6-3-4-8-14(13)16/h11-14H,3-10,15H2,1-2H3. The first-order valence-electron chi connectivity index (χ1n) is 7.18. The third kappa shape index (κ3) is 2.78. The molecule has 2 rings (SSSR count). The predicted octanol–water partition coefficient (Wildman–Crippen LogP) is 2.62. The molecule has 0 aromatic heterocycles. The first-order valence-corrected chi connectivity index (χ1v) is 7.18. The molecule has 2 N–H and O–H groups in total. The molecule has 2 fully saturated rings. The lowest BCUT2D eigenvalue weighted by Crippen LogP contribution is -2.49. The highest BCUT2D eigenvalue weighted by atomic mass is 15.2. The van der Waals surface area contributed by atoms with Crippen molar-refractivity contribution in [2.75, 3.05) is 13.1 Å². The van der Waals surface area contributed by atoms with Gasteiger partial charge in [0, 0.05) is 18.6 Å². The molecule has 4 unspecified atom stereocenters. The highest BCUT2D eigenvalue weighted by molar-refractivity contribution is 4.88. The smallest absolute Gasteiger partial charge is 0.0124 e. The molecule has 1 saturated heterocycles. The van der Waals surface area contributed by atoms with E-state index in [1.54, 1.807) is 0 Å². The summed E-state index contributed by atoms with van der Waals surface area (Å²) in [5.41, 5.74) is 5.99. The average molecular weight is 224 g/mol. The second kappa shape index (κ2) is 5.50. The molecule has 1 aliphatic heterocycles. The van der Waals surface area contributed by atoms with Crippen LogP contribution in [0.5, 0.6) is 0 Å². The van der Waals surface area contributed by atoms with Crippen molar-refractivity contribution in [1.29, 1.82) is 0 Å². The maximum absolute atomic E-state index is 5.99. The van der Waals surface area contributed by atoms with Crippen molar-refractivity contribution in [2.45, 2.75) is 64.5 Å². The van der Waals surface area contributed by atoms with E-state index in [0.717, 1.165) is 12.0 Å². The molecule has 2 nitrogen and oxygen atoms in total. The van der Waals surface area contributed by atoms with Gasteiger partial charge < -0.3 is 5.73 Å². The van der Waals surface area contributed by atoms with Crippen molar-refractivity contribution in [3.05, 3.63) is 0 Å². The van der Waals surface area contributed by atoms with Crippen LogP contribution in [-0.4, -0.2) is 30.1 Å². The third-order valence-corrected chi connectivity index (χ3v) is 4.78. The summed E-state index contributed by atoms with van der Waals surface area (Å²) in [5, 5.41) is 0. The Morgan fingerprint density at radius 2 is 1.81 bits per heavy atom. The Labute approximate surface area is 101 Å². The minimum absolute atomic E-state index is 0.337. The molecule has 1 heterocycles. The molecule has 1 aliphatic carbocycles. The van der Waals surface area contributed by atoms with E-state index in [4.69, 9.17) is 5.73 Å². The van der Waals surface area contributed by atoms with Crippen molar-refractivity contribution >= 4 is 0 Å². The fourth-order valence-electron chi connectivity index (χ4n) is 3.49. The van der Waals surface area contributed by atoms with Crippen molar-refractivity contribution < 1.29 is 0 Å². The van der Waals surface area contributed by atoms with E-state index in [9.17, 15) is 0 Å². The van der Waals surface area contributed by atoms with E-state index in [1.165, 1.54) is 51.6 Å². The minimum Gasteiger partial charge on any atom is -0.328 e. The number of rotatable bonds is 3. The van der Waals surface area contributed by atoms with Crippen LogP contribution >= 0.6 is 0 Å². The van der Waals surface area contributed by atoms with Crippen molar-refractivity contribution in [3.63, 3.8) is 0 Å². The normalized spacial score (nSPS) is 35.4. The van der Waals surface area contributed by atoms with Gasteiger partial charge in [-0.1, -0.05) is 19.8 Å². The molecule has 1 saturated carbocycles. The maximum Gasteiger partial charge on any atom is 0.0124 e. The van der Waals surface area contributed by atoms with Gasteiger partial charge in [-0.2, -0.15) is 0 Å². The Morgan fingerprint density at radius 3 is 2.56 bits per heavy atom. The summed E-state index contributed by atoms with van der Waals surface area (Å²) < 4.78 is 0.